The molecule has 0 saturated carbocycles. The van der Waals surface area contributed by atoms with E-state index in [0.29, 0.717) is 32.7 Å². The van der Waals surface area contributed by atoms with E-state index < -0.39 is 6.10 Å². The van der Waals surface area contributed by atoms with Gasteiger partial charge in [-0.1, -0.05) is 12.1 Å². The number of hydrogen-bond donors (Lipinski definition) is 3. The van der Waals surface area contributed by atoms with Crippen LogP contribution in [-0.2, 0) is 4.74 Å². The van der Waals surface area contributed by atoms with Crippen molar-refractivity contribution in [3.8, 4) is 5.75 Å². The molecule has 0 radical (unpaired) electrons. The Morgan fingerprint density at radius 1 is 1.10 bits per heavy atom. The average molecular weight is 297 g/mol. The van der Waals surface area contributed by atoms with Crippen molar-refractivity contribution < 1.29 is 19.7 Å². The minimum atomic E-state index is -0.482. The second-order valence-corrected chi connectivity index (χ2v) is 5.13. The summed E-state index contributed by atoms with van der Waals surface area (Å²) in [4.78, 5) is 0. The fraction of sp³-hybridized carbons (Fsp3) is 0.625. The molecule has 1 aromatic rings. The summed E-state index contributed by atoms with van der Waals surface area (Å²) in [6.45, 7) is 6.39. The molecule has 1 rings (SSSR count). The molecule has 3 N–H and O–H groups in total. The standard InChI is InChI=1S/C16H27NO4/c1-13(2)21-15-5-3-14(4-6-15)16(19)7-8-17-9-11-20-12-10-18/h3-6,13,16-19H,7-12H2,1-2H3. The molecule has 1 atom stereocenters. The predicted molar refractivity (Wildman–Crippen MR) is 82.6 cm³/mol. The Balaban J connectivity index is 2.21. The maximum Gasteiger partial charge on any atom is 0.119 e. The summed E-state index contributed by atoms with van der Waals surface area (Å²) in [5.74, 6) is 0.820. The molecule has 0 aliphatic rings. The van der Waals surface area contributed by atoms with Crippen LogP contribution in [0, 0.1) is 0 Å². The zero-order valence-corrected chi connectivity index (χ0v) is 12.9. The van der Waals surface area contributed by atoms with Gasteiger partial charge in [-0.2, -0.15) is 0 Å². The van der Waals surface area contributed by atoms with E-state index in [1.54, 1.807) is 0 Å². The van der Waals surface area contributed by atoms with E-state index in [0.717, 1.165) is 11.3 Å². The Morgan fingerprint density at radius 3 is 2.43 bits per heavy atom. The molecule has 0 aliphatic heterocycles. The molecule has 1 aromatic carbocycles. The van der Waals surface area contributed by atoms with Crippen LogP contribution in [0.1, 0.15) is 31.9 Å². The monoisotopic (exact) mass is 297 g/mol. The predicted octanol–water partition coefficient (Wildman–Crippen LogP) is 1.50. The molecule has 5 heteroatoms. The molecule has 0 amide bonds. The van der Waals surface area contributed by atoms with Gasteiger partial charge < -0.3 is 25.0 Å². The first-order chi connectivity index (χ1) is 10.1. The third kappa shape index (κ3) is 8.02. The highest BCUT2D eigenvalue weighted by Crippen LogP contribution is 2.20. The topological polar surface area (TPSA) is 71.0 Å². The number of aliphatic hydroxyl groups is 2. The second kappa shape index (κ2) is 10.6. The van der Waals surface area contributed by atoms with Crippen LogP contribution in [0.25, 0.3) is 0 Å². The van der Waals surface area contributed by atoms with Gasteiger partial charge in [0.1, 0.15) is 5.75 Å². The van der Waals surface area contributed by atoms with Gasteiger partial charge in [-0.3, -0.25) is 0 Å². The number of benzene rings is 1. The minimum absolute atomic E-state index is 0.0508. The number of aliphatic hydroxyl groups excluding tert-OH is 2. The Morgan fingerprint density at radius 2 is 1.81 bits per heavy atom. The minimum Gasteiger partial charge on any atom is -0.491 e. The maximum atomic E-state index is 10.1. The number of rotatable bonds is 11. The Hall–Kier alpha value is -1.14. The van der Waals surface area contributed by atoms with Crippen LogP contribution in [0.2, 0.25) is 0 Å². The highest BCUT2D eigenvalue weighted by atomic mass is 16.5. The molecule has 21 heavy (non-hydrogen) atoms. The van der Waals surface area contributed by atoms with Crippen LogP contribution in [0.5, 0.6) is 5.75 Å². The first-order valence-electron chi connectivity index (χ1n) is 7.47. The highest BCUT2D eigenvalue weighted by molar-refractivity contribution is 5.28. The van der Waals surface area contributed by atoms with E-state index >= 15 is 0 Å². The van der Waals surface area contributed by atoms with E-state index in [1.165, 1.54) is 0 Å². The van der Waals surface area contributed by atoms with Crippen molar-refractivity contribution in [2.24, 2.45) is 0 Å². The summed E-state index contributed by atoms with van der Waals surface area (Å²) >= 11 is 0. The Kier molecular flexibility index (Phi) is 9.01. The number of hydrogen-bond acceptors (Lipinski definition) is 5. The number of nitrogens with one attached hydrogen (secondary N) is 1. The summed E-state index contributed by atoms with van der Waals surface area (Å²) in [6.07, 6.45) is 0.312. The van der Waals surface area contributed by atoms with Crippen molar-refractivity contribution in [2.45, 2.75) is 32.5 Å². The van der Waals surface area contributed by atoms with Crippen molar-refractivity contribution in [1.29, 1.82) is 0 Å². The normalized spacial score (nSPS) is 12.6. The van der Waals surface area contributed by atoms with Gasteiger partial charge in [-0.05, 0) is 44.5 Å². The lowest BCUT2D eigenvalue weighted by Crippen LogP contribution is -2.22. The summed E-state index contributed by atoms with van der Waals surface area (Å²) in [7, 11) is 0. The van der Waals surface area contributed by atoms with Crippen LogP contribution in [0.3, 0.4) is 0 Å². The first-order valence-corrected chi connectivity index (χ1v) is 7.47. The van der Waals surface area contributed by atoms with E-state index in [1.807, 2.05) is 38.1 Å². The SMILES string of the molecule is CC(C)Oc1ccc(C(O)CCNCCOCCO)cc1. The third-order valence-corrected chi connectivity index (χ3v) is 2.89. The second-order valence-electron chi connectivity index (χ2n) is 5.13. The quantitative estimate of drug-likeness (QED) is 0.540. The zero-order valence-electron chi connectivity index (χ0n) is 12.9. The molecule has 120 valence electrons. The van der Waals surface area contributed by atoms with Crippen molar-refractivity contribution in [1.82, 2.24) is 5.32 Å². The van der Waals surface area contributed by atoms with Gasteiger partial charge in [0.25, 0.3) is 0 Å². The van der Waals surface area contributed by atoms with Crippen molar-refractivity contribution >= 4 is 0 Å². The Bertz CT molecular complexity index is 367. The lowest BCUT2D eigenvalue weighted by molar-refractivity contribution is 0.0930. The van der Waals surface area contributed by atoms with Crippen molar-refractivity contribution in [3.05, 3.63) is 29.8 Å². The molecule has 0 fully saturated rings. The van der Waals surface area contributed by atoms with Crippen LogP contribution >= 0.6 is 0 Å². The molecule has 0 saturated heterocycles. The van der Waals surface area contributed by atoms with Gasteiger partial charge in [-0.15, -0.1) is 0 Å². The highest BCUT2D eigenvalue weighted by Gasteiger charge is 2.07. The first kappa shape index (κ1) is 17.9. The average Bonchev–Trinajstić information content (AvgIpc) is 2.46. The smallest absolute Gasteiger partial charge is 0.119 e. The van der Waals surface area contributed by atoms with E-state index in [4.69, 9.17) is 14.6 Å². The van der Waals surface area contributed by atoms with Crippen LogP contribution in [0.4, 0.5) is 0 Å². The lowest BCUT2D eigenvalue weighted by atomic mass is 10.1. The zero-order chi connectivity index (χ0) is 15.5. The van der Waals surface area contributed by atoms with Gasteiger partial charge in [0.05, 0.1) is 32.0 Å². The largest absolute Gasteiger partial charge is 0.491 e. The molecule has 0 aliphatic carbocycles. The summed E-state index contributed by atoms with van der Waals surface area (Å²) in [5, 5.41) is 21.8. The fourth-order valence-corrected chi connectivity index (χ4v) is 1.88. The molecule has 0 aromatic heterocycles. The van der Waals surface area contributed by atoms with E-state index in [9.17, 15) is 5.11 Å². The molecule has 5 nitrogen and oxygen atoms in total. The third-order valence-electron chi connectivity index (χ3n) is 2.89. The summed E-state index contributed by atoms with van der Waals surface area (Å²) in [5.41, 5.74) is 0.893. The lowest BCUT2D eigenvalue weighted by Gasteiger charge is -2.14. The Labute approximate surface area is 126 Å². The van der Waals surface area contributed by atoms with Gasteiger partial charge in [-0.25, -0.2) is 0 Å². The van der Waals surface area contributed by atoms with Crippen molar-refractivity contribution in [2.75, 3.05) is 32.9 Å². The van der Waals surface area contributed by atoms with E-state index in [-0.39, 0.29) is 12.7 Å². The summed E-state index contributed by atoms with van der Waals surface area (Å²) < 4.78 is 10.7. The maximum absolute atomic E-state index is 10.1. The van der Waals surface area contributed by atoms with Crippen LogP contribution in [0.15, 0.2) is 24.3 Å². The fourth-order valence-electron chi connectivity index (χ4n) is 1.88. The number of ether oxygens (including phenoxy) is 2. The van der Waals surface area contributed by atoms with Crippen LogP contribution < -0.4 is 10.1 Å². The molecular weight excluding hydrogens is 270 g/mol. The molecular formula is C16H27NO4. The van der Waals surface area contributed by atoms with Gasteiger partial charge in [0.15, 0.2) is 0 Å². The van der Waals surface area contributed by atoms with Crippen molar-refractivity contribution in [3.63, 3.8) is 0 Å². The molecule has 0 spiro atoms. The van der Waals surface area contributed by atoms with E-state index in [2.05, 4.69) is 5.32 Å². The van der Waals surface area contributed by atoms with Gasteiger partial charge in [0, 0.05) is 6.54 Å². The molecule has 0 bridgehead atoms. The van der Waals surface area contributed by atoms with Gasteiger partial charge >= 0.3 is 0 Å². The summed E-state index contributed by atoms with van der Waals surface area (Å²) in [6, 6.07) is 7.56. The molecule has 1 unspecified atom stereocenters. The van der Waals surface area contributed by atoms with Crippen LogP contribution in [-0.4, -0.2) is 49.2 Å². The molecule has 0 heterocycles. The van der Waals surface area contributed by atoms with Gasteiger partial charge in [0.2, 0.25) is 0 Å².